The maximum atomic E-state index is 10.2. The van der Waals surface area contributed by atoms with E-state index in [1.165, 1.54) is 0 Å². The van der Waals surface area contributed by atoms with E-state index in [4.69, 9.17) is 19.7 Å². The smallest absolute Gasteiger partial charge is 0.178 e. The van der Waals surface area contributed by atoms with Gasteiger partial charge < -0.3 is 40.1 Å². The molecule has 0 bridgehead atoms. The highest BCUT2D eigenvalue weighted by molar-refractivity contribution is 4.99. The Bertz CT molecular complexity index is 300. The molecule has 0 aliphatic carbocycles. The van der Waals surface area contributed by atoms with Crippen LogP contribution >= 0.6 is 0 Å². The van der Waals surface area contributed by atoms with Gasteiger partial charge in [0.1, 0.15) is 12.2 Å². The third kappa shape index (κ3) is 2.15. The first-order valence-corrected chi connectivity index (χ1v) is 5.74. The number of ether oxygens (including phenoxy) is 2. The lowest BCUT2D eigenvalue weighted by atomic mass is 9.89. The molecule has 2 heterocycles. The van der Waals surface area contributed by atoms with Crippen molar-refractivity contribution < 1.29 is 40.1 Å². The molecule has 1 unspecified atom stereocenters. The molecule has 0 aromatic heterocycles. The van der Waals surface area contributed by atoms with Crippen molar-refractivity contribution in [2.45, 2.75) is 42.9 Å². The summed E-state index contributed by atoms with van der Waals surface area (Å²) >= 11 is 0. The molecular weight excluding hydrogens is 248 g/mol. The van der Waals surface area contributed by atoms with E-state index in [9.17, 15) is 20.4 Å². The molecule has 106 valence electrons. The van der Waals surface area contributed by atoms with Gasteiger partial charge >= 0.3 is 0 Å². The normalized spacial score (nSPS) is 53.0. The molecule has 18 heavy (non-hydrogen) atoms. The Morgan fingerprint density at radius 3 is 2.11 bits per heavy atom. The maximum absolute atomic E-state index is 10.2. The molecule has 8 nitrogen and oxygen atoms in total. The summed E-state index contributed by atoms with van der Waals surface area (Å²) in [4.78, 5) is 0. The summed E-state index contributed by atoms with van der Waals surface area (Å²) in [6.45, 7) is -1.01. The van der Waals surface area contributed by atoms with Gasteiger partial charge in [0.2, 0.25) is 0 Å². The van der Waals surface area contributed by atoms with Crippen molar-refractivity contribution in [1.82, 2.24) is 0 Å². The van der Waals surface area contributed by atoms with Gasteiger partial charge in [-0.25, -0.2) is 0 Å². The molecule has 2 rings (SSSR count). The second-order valence-electron chi connectivity index (χ2n) is 4.72. The van der Waals surface area contributed by atoms with Gasteiger partial charge in [0.05, 0.1) is 31.3 Å². The van der Waals surface area contributed by atoms with Crippen molar-refractivity contribution in [1.29, 1.82) is 0 Å². The summed E-state index contributed by atoms with van der Waals surface area (Å²) in [5, 5.41) is 57.2. The Kier molecular flexibility index (Phi) is 3.90. The summed E-state index contributed by atoms with van der Waals surface area (Å²) in [5.41, 5.74) is 0. The van der Waals surface area contributed by atoms with E-state index in [-0.39, 0.29) is 6.42 Å². The van der Waals surface area contributed by atoms with Gasteiger partial charge in [0.25, 0.3) is 0 Å². The Labute approximate surface area is 103 Å². The fraction of sp³-hybridized carbons (Fsp3) is 1.00. The average Bonchev–Trinajstić information content (AvgIpc) is 2.76. The molecule has 0 aromatic carbocycles. The molecular formula is C10H18O8. The van der Waals surface area contributed by atoms with Crippen molar-refractivity contribution in [2.75, 3.05) is 13.2 Å². The van der Waals surface area contributed by atoms with Crippen LogP contribution in [-0.2, 0) is 9.47 Å². The first kappa shape index (κ1) is 14.1. The Balaban J connectivity index is 2.16. The van der Waals surface area contributed by atoms with Crippen molar-refractivity contribution in [3.8, 4) is 0 Å². The summed E-state index contributed by atoms with van der Waals surface area (Å²) < 4.78 is 9.99. The van der Waals surface area contributed by atoms with Crippen LogP contribution in [0.5, 0.6) is 0 Å². The van der Waals surface area contributed by atoms with E-state index >= 15 is 0 Å². The SMILES string of the molecule is OC[C@H]1O[C@](O)(C2[C@@H](O)O[C@H](CO)[C@H]2O)C[C@@H]1O. The molecule has 2 saturated heterocycles. The molecule has 0 spiro atoms. The molecule has 2 fully saturated rings. The third-order valence-electron chi connectivity index (χ3n) is 3.54. The number of hydrogen-bond acceptors (Lipinski definition) is 8. The van der Waals surface area contributed by atoms with Crippen LogP contribution in [0.25, 0.3) is 0 Å². The first-order valence-electron chi connectivity index (χ1n) is 5.74. The summed E-state index contributed by atoms with van der Waals surface area (Å²) in [7, 11) is 0. The second-order valence-corrected chi connectivity index (χ2v) is 4.72. The molecule has 6 N–H and O–H groups in total. The van der Waals surface area contributed by atoms with Gasteiger partial charge in [-0.15, -0.1) is 0 Å². The van der Waals surface area contributed by atoms with Crippen molar-refractivity contribution in [2.24, 2.45) is 5.92 Å². The van der Waals surface area contributed by atoms with Crippen molar-refractivity contribution in [3.63, 3.8) is 0 Å². The molecule has 7 atom stereocenters. The molecule has 0 saturated carbocycles. The zero-order valence-electron chi connectivity index (χ0n) is 9.59. The molecule has 0 aromatic rings. The molecule has 2 aliphatic rings. The molecule has 2 aliphatic heterocycles. The lowest BCUT2D eigenvalue weighted by Gasteiger charge is -2.32. The van der Waals surface area contributed by atoms with Gasteiger partial charge in [-0.05, 0) is 0 Å². The van der Waals surface area contributed by atoms with Gasteiger partial charge in [0.15, 0.2) is 12.1 Å². The van der Waals surface area contributed by atoms with Crippen LogP contribution < -0.4 is 0 Å². The highest BCUT2D eigenvalue weighted by Gasteiger charge is 2.59. The van der Waals surface area contributed by atoms with E-state index in [2.05, 4.69) is 0 Å². The van der Waals surface area contributed by atoms with E-state index in [1.54, 1.807) is 0 Å². The maximum Gasteiger partial charge on any atom is 0.178 e. The Morgan fingerprint density at radius 2 is 1.67 bits per heavy atom. The Morgan fingerprint density at radius 1 is 1.06 bits per heavy atom. The fourth-order valence-corrected chi connectivity index (χ4v) is 2.58. The van der Waals surface area contributed by atoms with Crippen LogP contribution in [0.3, 0.4) is 0 Å². The zero-order chi connectivity index (χ0) is 13.5. The van der Waals surface area contributed by atoms with Crippen LogP contribution in [0, 0.1) is 5.92 Å². The van der Waals surface area contributed by atoms with Crippen LogP contribution in [0.15, 0.2) is 0 Å². The lowest BCUT2D eigenvalue weighted by Crippen LogP contribution is -2.48. The second kappa shape index (κ2) is 4.99. The van der Waals surface area contributed by atoms with Crippen LogP contribution in [0.2, 0.25) is 0 Å². The van der Waals surface area contributed by atoms with Gasteiger partial charge in [-0.3, -0.25) is 0 Å². The topological polar surface area (TPSA) is 140 Å². The van der Waals surface area contributed by atoms with Crippen molar-refractivity contribution in [3.05, 3.63) is 0 Å². The number of rotatable bonds is 3. The summed E-state index contributed by atoms with van der Waals surface area (Å²) in [5.74, 6) is -3.23. The van der Waals surface area contributed by atoms with E-state index in [1.807, 2.05) is 0 Å². The Hall–Kier alpha value is -0.320. The number of aliphatic hydroxyl groups is 6. The quantitative estimate of drug-likeness (QED) is 0.309. The minimum atomic E-state index is -2.00. The van der Waals surface area contributed by atoms with E-state index in [0.717, 1.165) is 0 Å². The third-order valence-corrected chi connectivity index (χ3v) is 3.54. The largest absolute Gasteiger partial charge is 0.394 e. The van der Waals surface area contributed by atoms with Crippen LogP contribution in [0.1, 0.15) is 6.42 Å². The molecule has 8 heteroatoms. The standard InChI is InChI=1S/C10H18O8/c11-2-5-4(13)1-10(16,18-5)7-8(14)6(3-12)17-9(7)15/h4-9,11-16H,1-3H2/t4-,5+,6+,7?,8+,9-,10-/m0/s1. The fourth-order valence-electron chi connectivity index (χ4n) is 2.58. The lowest BCUT2D eigenvalue weighted by molar-refractivity contribution is -0.267. The summed E-state index contributed by atoms with van der Waals surface area (Å²) in [6.07, 6.45) is -6.23. The van der Waals surface area contributed by atoms with Gasteiger partial charge in [-0.1, -0.05) is 0 Å². The minimum absolute atomic E-state index is 0.265. The number of aliphatic hydroxyl groups excluding tert-OH is 5. The van der Waals surface area contributed by atoms with E-state index < -0.39 is 55.6 Å². The van der Waals surface area contributed by atoms with Crippen molar-refractivity contribution >= 4 is 0 Å². The monoisotopic (exact) mass is 266 g/mol. The zero-order valence-corrected chi connectivity index (χ0v) is 9.59. The molecule has 0 radical (unpaired) electrons. The first-order chi connectivity index (χ1) is 8.42. The van der Waals surface area contributed by atoms with Gasteiger partial charge in [0, 0.05) is 6.42 Å². The number of hydrogen-bond donors (Lipinski definition) is 6. The van der Waals surface area contributed by atoms with E-state index in [0.29, 0.717) is 0 Å². The predicted molar refractivity (Wildman–Crippen MR) is 55.0 cm³/mol. The minimum Gasteiger partial charge on any atom is -0.394 e. The summed E-state index contributed by atoms with van der Waals surface area (Å²) in [6, 6.07) is 0. The highest BCUT2D eigenvalue weighted by atomic mass is 16.7. The van der Waals surface area contributed by atoms with Crippen LogP contribution in [-0.4, -0.2) is 80.3 Å². The molecule has 0 amide bonds. The van der Waals surface area contributed by atoms with Gasteiger partial charge in [-0.2, -0.15) is 0 Å². The highest BCUT2D eigenvalue weighted by Crippen LogP contribution is 2.42. The average molecular weight is 266 g/mol. The predicted octanol–water partition coefficient (Wildman–Crippen LogP) is -3.50. The van der Waals surface area contributed by atoms with Crippen LogP contribution in [0.4, 0.5) is 0 Å².